The van der Waals surface area contributed by atoms with Gasteiger partial charge in [0.15, 0.2) is 5.78 Å². The number of thioether (sulfide) groups is 1. The first-order valence-electron chi connectivity index (χ1n) is 11.7. The molecule has 0 saturated heterocycles. The lowest BCUT2D eigenvalue weighted by molar-refractivity contribution is -0.111. The molecule has 1 heterocycles. The Balaban J connectivity index is 1.49. The highest BCUT2D eigenvalue weighted by atomic mass is 32.2. The zero-order valence-corrected chi connectivity index (χ0v) is 19.8. The van der Waals surface area contributed by atoms with Crippen molar-refractivity contribution in [3.8, 4) is 0 Å². The summed E-state index contributed by atoms with van der Waals surface area (Å²) in [7, 11) is 0. The Morgan fingerprint density at radius 1 is 1.32 bits per heavy atom. The molecule has 3 aliphatic carbocycles. The molecule has 2 saturated carbocycles. The van der Waals surface area contributed by atoms with E-state index < -0.39 is 0 Å². The number of aromatic nitrogens is 1. The van der Waals surface area contributed by atoms with Crippen LogP contribution in [0.3, 0.4) is 0 Å². The first-order chi connectivity index (χ1) is 14.9. The third-order valence-corrected chi connectivity index (χ3v) is 9.36. The van der Waals surface area contributed by atoms with Crippen LogP contribution in [0.5, 0.6) is 0 Å². The topological polar surface area (TPSA) is 56.0 Å². The summed E-state index contributed by atoms with van der Waals surface area (Å²) in [6.07, 6.45) is 14.6. The van der Waals surface area contributed by atoms with Crippen molar-refractivity contribution in [3.05, 3.63) is 60.3 Å². The van der Waals surface area contributed by atoms with Crippen molar-refractivity contribution in [2.24, 2.45) is 34.3 Å². The van der Waals surface area contributed by atoms with Crippen LogP contribution >= 0.6 is 11.8 Å². The van der Waals surface area contributed by atoms with E-state index in [2.05, 4.69) is 37.6 Å². The maximum atomic E-state index is 12.0. The normalized spacial score (nSPS) is 34.6. The predicted molar refractivity (Wildman–Crippen MR) is 130 cm³/mol. The molecule has 0 amide bonds. The molecule has 5 unspecified atom stereocenters. The van der Waals surface area contributed by atoms with Crippen LogP contribution in [0.4, 0.5) is 0 Å². The van der Waals surface area contributed by atoms with Crippen molar-refractivity contribution < 1.29 is 4.79 Å². The van der Waals surface area contributed by atoms with Crippen LogP contribution in [-0.2, 0) is 4.79 Å². The van der Waals surface area contributed by atoms with Gasteiger partial charge in [-0.05, 0) is 92.5 Å². The van der Waals surface area contributed by atoms with E-state index in [4.69, 9.17) is 5.73 Å². The molecule has 0 bridgehead atoms. The lowest BCUT2D eigenvalue weighted by Crippen LogP contribution is -2.50. The second-order valence-corrected chi connectivity index (χ2v) is 11.3. The molecule has 3 nitrogen and oxygen atoms in total. The van der Waals surface area contributed by atoms with E-state index in [-0.39, 0.29) is 16.6 Å². The summed E-state index contributed by atoms with van der Waals surface area (Å²) in [6, 6.07) is 6.06. The first-order valence-corrected chi connectivity index (χ1v) is 12.7. The molecule has 166 valence electrons. The molecule has 0 aliphatic heterocycles. The average molecular weight is 437 g/mol. The number of ketones is 1. The Kier molecular flexibility index (Phi) is 6.60. The molecular formula is C27H36N2OS. The van der Waals surface area contributed by atoms with Gasteiger partial charge in [0.1, 0.15) is 0 Å². The first kappa shape index (κ1) is 22.5. The number of pyridine rings is 1. The van der Waals surface area contributed by atoms with E-state index in [1.165, 1.54) is 30.4 Å². The summed E-state index contributed by atoms with van der Waals surface area (Å²) >= 11 is 1.78. The molecule has 0 radical (unpaired) electrons. The monoisotopic (exact) mass is 436 g/mol. The summed E-state index contributed by atoms with van der Waals surface area (Å²) in [5.74, 6) is 2.96. The minimum atomic E-state index is 0.0385. The van der Waals surface area contributed by atoms with Gasteiger partial charge in [-0.2, -0.15) is 0 Å². The van der Waals surface area contributed by atoms with Gasteiger partial charge in [-0.3, -0.25) is 4.79 Å². The standard InChI is InChI=1S/C27H36N2OS/c1-19(18-31-25-6-4-5-15-29-25)17-26(2)12-10-24-22(23(26)11-14-28)8-7-20-16-21(30)9-13-27(20,24)3/h4-6,9,13,15-16,22-24H,1,7-8,10-12,14,17-18,28H2,2-3H3. The second-order valence-electron chi connectivity index (χ2n) is 10.3. The Hall–Kier alpha value is -1.65. The molecule has 4 heteroatoms. The fourth-order valence-electron chi connectivity index (χ4n) is 6.78. The summed E-state index contributed by atoms with van der Waals surface area (Å²) in [5.41, 5.74) is 9.09. The highest BCUT2D eigenvalue weighted by molar-refractivity contribution is 7.99. The van der Waals surface area contributed by atoms with Gasteiger partial charge < -0.3 is 5.73 Å². The van der Waals surface area contributed by atoms with Crippen LogP contribution in [-0.4, -0.2) is 23.1 Å². The zero-order chi connectivity index (χ0) is 22.1. The molecule has 1 aromatic heterocycles. The lowest BCUT2D eigenvalue weighted by atomic mass is 9.47. The summed E-state index contributed by atoms with van der Waals surface area (Å²) in [6.45, 7) is 10.0. The van der Waals surface area contributed by atoms with Crippen LogP contribution in [0.15, 0.2) is 65.4 Å². The number of fused-ring (bicyclic) bond motifs is 3. The van der Waals surface area contributed by atoms with E-state index in [0.29, 0.717) is 17.8 Å². The van der Waals surface area contributed by atoms with Gasteiger partial charge in [0, 0.05) is 17.4 Å². The molecule has 4 rings (SSSR count). The average Bonchev–Trinajstić information content (AvgIpc) is 2.75. The molecule has 2 fully saturated rings. The van der Waals surface area contributed by atoms with Crippen molar-refractivity contribution in [3.63, 3.8) is 0 Å². The largest absolute Gasteiger partial charge is 0.330 e. The molecule has 5 atom stereocenters. The van der Waals surface area contributed by atoms with E-state index in [1.807, 2.05) is 24.4 Å². The van der Waals surface area contributed by atoms with Crippen LogP contribution in [0.25, 0.3) is 0 Å². The maximum absolute atomic E-state index is 12.0. The van der Waals surface area contributed by atoms with Gasteiger partial charge in [0.05, 0.1) is 5.03 Å². The number of carbonyl (C=O) groups is 1. The van der Waals surface area contributed by atoms with Gasteiger partial charge in [-0.25, -0.2) is 4.98 Å². The summed E-state index contributed by atoms with van der Waals surface area (Å²) in [4.78, 5) is 16.4. The van der Waals surface area contributed by atoms with Gasteiger partial charge >= 0.3 is 0 Å². The fourth-order valence-corrected chi connectivity index (χ4v) is 7.55. The van der Waals surface area contributed by atoms with Crippen LogP contribution in [0, 0.1) is 28.6 Å². The number of nitrogens with zero attached hydrogens (tertiary/aromatic N) is 1. The fraction of sp³-hybridized carbons (Fsp3) is 0.556. The van der Waals surface area contributed by atoms with Crippen molar-refractivity contribution in [1.29, 1.82) is 0 Å². The van der Waals surface area contributed by atoms with Gasteiger partial charge in [0.25, 0.3) is 0 Å². The van der Waals surface area contributed by atoms with E-state index in [1.54, 1.807) is 17.8 Å². The van der Waals surface area contributed by atoms with Crippen LogP contribution in [0.2, 0.25) is 0 Å². The SMILES string of the molecule is C=C(CSc1ccccn1)CC1(C)CCC2C(CCC3=CC(=O)C=CC32C)C1CCN. The number of allylic oxidation sites excluding steroid dienone is 4. The van der Waals surface area contributed by atoms with Crippen molar-refractivity contribution in [1.82, 2.24) is 4.98 Å². The van der Waals surface area contributed by atoms with E-state index >= 15 is 0 Å². The van der Waals surface area contributed by atoms with Gasteiger partial charge in [0.2, 0.25) is 0 Å². The Labute approximate surface area is 191 Å². The number of nitrogens with two attached hydrogens (primary N) is 1. The number of rotatable bonds is 7. The number of hydrogen-bond acceptors (Lipinski definition) is 4. The number of carbonyl (C=O) groups excluding carboxylic acids is 1. The molecule has 2 N–H and O–H groups in total. The molecule has 31 heavy (non-hydrogen) atoms. The minimum Gasteiger partial charge on any atom is -0.330 e. The lowest BCUT2D eigenvalue weighted by Gasteiger charge is -2.58. The van der Waals surface area contributed by atoms with Crippen molar-refractivity contribution in [2.45, 2.75) is 57.4 Å². The van der Waals surface area contributed by atoms with Crippen molar-refractivity contribution >= 4 is 17.5 Å². The Bertz CT molecular complexity index is 892. The van der Waals surface area contributed by atoms with E-state index in [0.717, 1.165) is 36.6 Å². The quantitative estimate of drug-likeness (QED) is 0.422. The Morgan fingerprint density at radius 3 is 2.90 bits per heavy atom. The van der Waals surface area contributed by atoms with Crippen LogP contribution < -0.4 is 5.73 Å². The minimum absolute atomic E-state index is 0.0385. The number of hydrogen-bond donors (Lipinski definition) is 1. The molecule has 0 spiro atoms. The highest BCUT2D eigenvalue weighted by Crippen LogP contribution is 2.62. The van der Waals surface area contributed by atoms with Crippen LogP contribution in [0.1, 0.15) is 52.4 Å². The maximum Gasteiger partial charge on any atom is 0.178 e. The summed E-state index contributed by atoms with van der Waals surface area (Å²) in [5, 5.41) is 1.06. The molecule has 3 aliphatic rings. The smallest absolute Gasteiger partial charge is 0.178 e. The van der Waals surface area contributed by atoms with Gasteiger partial charge in [-0.15, -0.1) is 11.8 Å². The summed E-state index contributed by atoms with van der Waals surface area (Å²) < 4.78 is 0. The van der Waals surface area contributed by atoms with Gasteiger partial charge in [-0.1, -0.05) is 43.7 Å². The molecular weight excluding hydrogens is 400 g/mol. The molecule has 1 aromatic rings. The third-order valence-electron chi connectivity index (χ3n) is 8.27. The van der Waals surface area contributed by atoms with Crippen molar-refractivity contribution in [2.75, 3.05) is 12.3 Å². The highest BCUT2D eigenvalue weighted by Gasteiger charge is 2.53. The predicted octanol–water partition coefficient (Wildman–Crippen LogP) is 5.98. The molecule has 0 aromatic carbocycles. The van der Waals surface area contributed by atoms with E-state index in [9.17, 15) is 4.79 Å². The third kappa shape index (κ3) is 4.47. The Morgan fingerprint density at radius 2 is 2.16 bits per heavy atom. The zero-order valence-electron chi connectivity index (χ0n) is 19.0. The second kappa shape index (κ2) is 9.07.